The van der Waals surface area contributed by atoms with Gasteiger partial charge in [0.2, 0.25) is 5.78 Å². The number of carbonyl (C=O) groups excluding carboxylic acids is 1. The van der Waals surface area contributed by atoms with Gasteiger partial charge < -0.3 is 9.67 Å². The van der Waals surface area contributed by atoms with Crippen LogP contribution in [-0.2, 0) is 18.0 Å². The Kier molecular flexibility index (Phi) is 7.61. The number of hydrogen-bond donors (Lipinski definition) is 1. The molecule has 1 N–H and O–H groups in total. The summed E-state index contributed by atoms with van der Waals surface area (Å²) in [5, 5.41) is 8.04. The normalized spacial score (nSPS) is 10.8. The van der Waals surface area contributed by atoms with Crippen molar-refractivity contribution in [1.29, 1.82) is 0 Å². The molecule has 2 rings (SSSR count). The fourth-order valence-corrected chi connectivity index (χ4v) is 2.27. The molecular weight excluding hydrogens is 347 g/mol. The van der Waals surface area contributed by atoms with E-state index >= 15 is 0 Å². The monoisotopic (exact) mass is 369 g/mol. The van der Waals surface area contributed by atoms with Crippen LogP contribution in [0.25, 0.3) is 0 Å². The van der Waals surface area contributed by atoms with Crippen LogP contribution in [-0.4, -0.2) is 21.4 Å². The molecule has 1 aromatic carbocycles. The Hall–Kier alpha value is -2.57. The third-order valence-electron chi connectivity index (χ3n) is 3.71. The van der Waals surface area contributed by atoms with Gasteiger partial charge in [0.15, 0.2) is 0 Å². The van der Waals surface area contributed by atoms with Crippen molar-refractivity contribution in [3.8, 4) is 0 Å². The van der Waals surface area contributed by atoms with E-state index < -0.39 is 17.7 Å². The second-order valence-corrected chi connectivity index (χ2v) is 5.86. The highest BCUT2D eigenvalue weighted by Gasteiger charge is 2.30. The second kappa shape index (κ2) is 9.22. The molecule has 1 aromatic heterocycles. The SMILES string of the molecule is CCCCC(=O)O.Cc1ccn(C)c1C(=O)c1ccc(C(F)(F)F)cc1. The van der Waals surface area contributed by atoms with Crippen molar-refractivity contribution in [2.45, 2.75) is 39.3 Å². The number of halogens is 3. The van der Waals surface area contributed by atoms with Gasteiger partial charge in [0.25, 0.3) is 0 Å². The van der Waals surface area contributed by atoms with E-state index in [0.29, 0.717) is 12.1 Å². The second-order valence-electron chi connectivity index (χ2n) is 5.86. The quantitative estimate of drug-likeness (QED) is 0.767. The minimum absolute atomic E-state index is 0.248. The maximum atomic E-state index is 12.4. The number of aryl methyl sites for hydroxylation is 2. The van der Waals surface area contributed by atoms with Crippen LogP contribution in [0.4, 0.5) is 13.2 Å². The zero-order valence-electron chi connectivity index (χ0n) is 14.9. The van der Waals surface area contributed by atoms with Crippen molar-refractivity contribution in [2.75, 3.05) is 0 Å². The summed E-state index contributed by atoms with van der Waals surface area (Å²) in [6.45, 7) is 3.76. The Bertz CT molecular complexity index is 727. The van der Waals surface area contributed by atoms with Crippen molar-refractivity contribution in [1.82, 2.24) is 4.57 Å². The van der Waals surface area contributed by atoms with Crippen molar-refractivity contribution >= 4 is 11.8 Å². The topological polar surface area (TPSA) is 59.3 Å². The van der Waals surface area contributed by atoms with E-state index in [1.807, 2.05) is 6.92 Å². The van der Waals surface area contributed by atoms with Gasteiger partial charge in [0, 0.05) is 25.2 Å². The molecule has 0 radical (unpaired) electrons. The van der Waals surface area contributed by atoms with Crippen LogP contribution in [0.2, 0.25) is 0 Å². The lowest BCUT2D eigenvalue weighted by atomic mass is 10.0. The molecular formula is C19H22F3NO3. The summed E-state index contributed by atoms with van der Waals surface area (Å²) in [4.78, 5) is 22.0. The fourth-order valence-electron chi connectivity index (χ4n) is 2.27. The standard InChI is InChI=1S/C14H12F3NO.C5H10O2/c1-9-7-8-18(2)12(9)13(19)10-3-5-11(6-4-10)14(15,16)17;1-2-3-4-5(6)7/h3-8H,1-2H3;2-4H2,1H3,(H,6,7). The van der Waals surface area contributed by atoms with Crippen molar-refractivity contribution in [3.05, 3.63) is 58.9 Å². The number of alkyl halides is 3. The van der Waals surface area contributed by atoms with E-state index in [-0.39, 0.29) is 11.3 Å². The van der Waals surface area contributed by atoms with E-state index in [0.717, 1.165) is 30.5 Å². The molecule has 0 bridgehead atoms. The van der Waals surface area contributed by atoms with Gasteiger partial charge in [-0.25, -0.2) is 0 Å². The van der Waals surface area contributed by atoms with E-state index in [1.165, 1.54) is 12.1 Å². The number of nitrogens with zero attached hydrogens (tertiary/aromatic N) is 1. The van der Waals surface area contributed by atoms with Crippen LogP contribution in [0.1, 0.15) is 53.4 Å². The van der Waals surface area contributed by atoms with Crippen LogP contribution in [0, 0.1) is 6.92 Å². The molecule has 0 amide bonds. The molecule has 1 heterocycles. The number of aliphatic carboxylic acids is 1. The minimum atomic E-state index is -4.39. The smallest absolute Gasteiger partial charge is 0.416 e. The molecule has 4 nitrogen and oxygen atoms in total. The number of hydrogen-bond acceptors (Lipinski definition) is 2. The summed E-state index contributed by atoms with van der Waals surface area (Å²) >= 11 is 0. The Morgan fingerprint density at radius 1 is 1.12 bits per heavy atom. The average molecular weight is 369 g/mol. The molecule has 0 aliphatic rings. The molecule has 7 heteroatoms. The lowest BCUT2D eigenvalue weighted by Gasteiger charge is -2.08. The number of aromatic nitrogens is 1. The Morgan fingerprint density at radius 3 is 2.04 bits per heavy atom. The molecule has 0 atom stereocenters. The van der Waals surface area contributed by atoms with Gasteiger partial charge in [-0.15, -0.1) is 0 Å². The number of carboxylic acids is 1. The number of ketones is 1. The summed E-state index contributed by atoms with van der Waals surface area (Å²) < 4.78 is 39.0. The number of unbranched alkanes of at least 4 members (excludes halogenated alkanes) is 1. The van der Waals surface area contributed by atoms with Gasteiger partial charge >= 0.3 is 12.1 Å². The molecule has 26 heavy (non-hydrogen) atoms. The maximum Gasteiger partial charge on any atom is 0.416 e. The number of rotatable bonds is 5. The molecule has 142 valence electrons. The fraction of sp³-hybridized carbons (Fsp3) is 0.368. The zero-order valence-corrected chi connectivity index (χ0v) is 14.9. The van der Waals surface area contributed by atoms with Crippen molar-refractivity contribution in [3.63, 3.8) is 0 Å². The van der Waals surface area contributed by atoms with Crippen molar-refractivity contribution in [2.24, 2.45) is 7.05 Å². The van der Waals surface area contributed by atoms with Gasteiger partial charge in [0.05, 0.1) is 11.3 Å². The third-order valence-corrected chi connectivity index (χ3v) is 3.71. The first-order valence-corrected chi connectivity index (χ1v) is 8.13. The van der Waals surface area contributed by atoms with Gasteiger partial charge in [-0.1, -0.05) is 25.5 Å². The van der Waals surface area contributed by atoms with E-state index in [9.17, 15) is 22.8 Å². The highest BCUT2D eigenvalue weighted by molar-refractivity contribution is 6.08. The third kappa shape index (κ3) is 6.06. The largest absolute Gasteiger partial charge is 0.481 e. The van der Waals surface area contributed by atoms with Crippen LogP contribution < -0.4 is 0 Å². The number of carboxylic acid groups (broad SMARTS) is 1. The predicted molar refractivity (Wildman–Crippen MR) is 92.2 cm³/mol. The van der Waals surface area contributed by atoms with Crippen LogP contribution in [0.15, 0.2) is 36.5 Å². The summed E-state index contributed by atoms with van der Waals surface area (Å²) in [5.41, 5.74) is 0.776. The van der Waals surface area contributed by atoms with Crippen LogP contribution in [0.5, 0.6) is 0 Å². The number of carbonyl (C=O) groups is 2. The Labute approximate surface area is 150 Å². The van der Waals surface area contributed by atoms with E-state index in [4.69, 9.17) is 5.11 Å². The molecule has 0 aliphatic carbocycles. The van der Waals surface area contributed by atoms with Gasteiger partial charge in [-0.3, -0.25) is 9.59 Å². The maximum absolute atomic E-state index is 12.4. The molecule has 0 saturated heterocycles. The lowest BCUT2D eigenvalue weighted by molar-refractivity contribution is -0.138. The first-order valence-electron chi connectivity index (χ1n) is 8.13. The van der Waals surface area contributed by atoms with Gasteiger partial charge in [-0.2, -0.15) is 13.2 Å². The van der Waals surface area contributed by atoms with Crippen LogP contribution >= 0.6 is 0 Å². The molecule has 0 aliphatic heterocycles. The molecule has 0 saturated carbocycles. The van der Waals surface area contributed by atoms with E-state index in [1.54, 1.807) is 30.8 Å². The molecule has 0 unspecified atom stereocenters. The van der Waals surface area contributed by atoms with Crippen molar-refractivity contribution < 1.29 is 27.9 Å². The summed E-state index contributed by atoms with van der Waals surface area (Å²) in [7, 11) is 1.73. The predicted octanol–water partition coefficient (Wildman–Crippen LogP) is 4.84. The van der Waals surface area contributed by atoms with Crippen LogP contribution in [0.3, 0.4) is 0 Å². The lowest BCUT2D eigenvalue weighted by Crippen LogP contribution is -2.10. The summed E-state index contributed by atoms with van der Waals surface area (Å²) in [6, 6.07) is 6.05. The zero-order chi connectivity index (χ0) is 19.9. The minimum Gasteiger partial charge on any atom is -0.481 e. The Balaban J connectivity index is 0.000000412. The highest BCUT2D eigenvalue weighted by atomic mass is 19.4. The average Bonchev–Trinajstić information content (AvgIpc) is 2.91. The Morgan fingerprint density at radius 2 is 1.69 bits per heavy atom. The number of benzene rings is 1. The molecule has 0 spiro atoms. The summed E-state index contributed by atoms with van der Waals surface area (Å²) in [6.07, 6.45) is -0.562. The molecule has 2 aromatic rings. The highest BCUT2D eigenvalue weighted by Crippen LogP contribution is 2.29. The molecule has 0 fully saturated rings. The van der Waals surface area contributed by atoms with Gasteiger partial charge in [0.1, 0.15) is 0 Å². The van der Waals surface area contributed by atoms with Gasteiger partial charge in [-0.05, 0) is 37.1 Å². The first kappa shape index (κ1) is 21.5. The first-order chi connectivity index (χ1) is 12.1. The van der Waals surface area contributed by atoms with E-state index in [2.05, 4.69) is 0 Å². The summed E-state index contributed by atoms with van der Waals surface area (Å²) in [5.74, 6) is -0.972.